The number of hydrogen-bond acceptors (Lipinski definition) is 1. The van der Waals surface area contributed by atoms with E-state index in [1.165, 1.54) is 38.9 Å². The van der Waals surface area contributed by atoms with Gasteiger partial charge in [-0.15, -0.1) is 0 Å². The standard InChI is InChI=1S/C26H27O.Zr/c1-16-13-20-14-21(24-12-7-17(2)27-24)15-23(20)25(18(16)3)19-8-10-22(11-9-19)26(4,5)6;/h7-15H,1-6H3;. The molecule has 1 aliphatic carbocycles. The quantitative estimate of drug-likeness (QED) is 0.403. The average Bonchev–Trinajstić information content (AvgIpc) is 3.21. The minimum atomic E-state index is 0. The first-order valence-corrected chi connectivity index (χ1v) is 9.62. The largest absolute Gasteiger partial charge is 0.462 e. The SMILES string of the molecule is Cc1ccc(C2=Cc3c(cc(C)c(C)c3-c3ccc(C(C)(C)C)cc3)[CH]2)o1.[Zr]. The molecule has 1 aromatic heterocycles. The molecular weight excluding hydrogens is 420 g/mol. The molecule has 28 heavy (non-hydrogen) atoms. The maximum absolute atomic E-state index is 5.86. The number of furan rings is 1. The maximum atomic E-state index is 5.86. The van der Waals surface area contributed by atoms with E-state index in [1.807, 2.05) is 13.0 Å². The summed E-state index contributed by atoms with van der Waals surface area (Å²) in [6.07, 6.45) is 4.51. The molecule has 0 saturated heterocycles. The fourth-order valence-corrected chi connectivity index (χ4v) is 3.84. The van der Waals surface area contributed by atoms with Gasteiger partial charge in [-0.2, -0.15) is 0 Å². The van der Waals surface area contributed by atoms with Crippen LogP contribution in [0.1, 0.15) is 60.1 Å². The molecule has 0 saturated carbocycles. The molecule has 0 aliphatic heterocycles. The van der Waals surface area contributed by atoms with Gasteiger partial charge in [0.05, 0.1) is 0 Å². The molecule has 0 amide bonds. The topological polar surface area (TPSA) is 13.1 Å². The number of aryl methyl sites for hydroxylation is 2. The Labute approximate surface area is 188 Å². The zero-order valence-corrected chi connectivity index (χ0v) is 20.1. The number of benzene rings is 2. The van der Waals surface area contributed by atoms with Crippen molar-refractivity contribution in [2.45, 2.75) is 47.0 Å². The second kappa shape index (κ2) is 7.64. The summed E-state index contributed by atoms with van der Waals surface area (Å²) >= 11 is 0. The van der Waals surface area contributed by atoms with E-state index in [-0.39, 0.29) is 31.6 Å². The fraction of sp³-hybridized carbons (Fsp3) is 0.269. The van der Waals surface area contributed by atoms with Crippen LogP contribution in [0.3, 0.4) is 0 Å². The average molecular weight is 447 g/mol. The van der Waals surface area contributed by atoms with Gasteiger partial charge in [0.15, 0.2) is 0 Å². The Hall–Kier alpha value is -1.66. The maximum Gasteiger partial charge on any atom is 0.130 e. The Morgan fingerprint density at radius 3 is 2.11 bits per heavy atom. The second-order valence-electron chi connectivity index (χ2n) is 8.68. The summed E-state index contributed by atoms with van der Waals surface area (Å²) in [6, 6.07) is 15.4. The molecule has 0 bridgehead atoms. The molecule has 0 fully saturated rings. The molecule has 2 heteroatoms. The number of fused-ring (bicyclic) bond motifs is 1. The van der Waals surface area contributed by atoms with E-state index in [0.717, 1.165) is 17.1 Å². The minimum absolute atomic E-state index is 0. The van der Waals surface area contributed by atoms with Crippen LogP contribution in [0.25, 0.3) is 22.8 Å². The van der Waals surface area contributed by atoms with Crippen LogP contribution in [-0.4, -0.2) is 0 Å². The summed E-state index contributed by atoms with van der Waals surface area (Å²) in [6.45, 7) is 13.2. The first-order chi connectivity index (χ1) is 12.7. The van der Waals surface area contributed by atoms with Gasteiger partial charge in [0.25, 0.3) is 0 Å². The Bertz CT molecular complexity index is 1040. The van der Waals surface area contributed by atoms with E-state index in [9.17, 15) is 0 Å². The van der Waals surface area contributed by atoms with Gasteiger partial charge >= 0.3 is 0 Å². The Balaban J connectivity index is 0.00000225. The fourth-order valence-electron chi connectivity index (χ4n) is 3.84. The first-order valence-electron chi connectivity index (χ1n) is 9.62. The minimum Gasteiger partial charge on any atom is -0.462 e. The molecule has 0 atom stereocenters. The Morgan fingerprint density at radius 2 is 1.54 bits per heavy atom. The number of allylic oxidation sites excluding steroid dienone is 1. The molecule has 0 spiro atoms. The van der Waals surface area contributed by atoms with Crippen LogP contribution < -0.4 is 0 Å². The van der Waals surface area contributed by atoms with Crippen LogP contribution in [0, 0.1) is 27.2 Å². The van der Waals surface area contributed by atoms with Crippen molar-refractivity contribution in [1.29, 1.82) is 0 Å². The second-order valence-corrected chi connectivity index (χ2v) is 8.68. The van der Waals surface area contributed by atoms with Crippen LogP contribution in [0.2, 0.25) is 0 Å². The normalized spacial score (nSPS) is 13.1. The van der Waals surface area contributed by atoms with Gasteiger partial charge in [0.2, 0.25) is 0 Å². The van der Waals surface area contributed by atoms with E-state index in [1.54, 1.807) is 0 Å². The number of rotatable bonds is 2. The zero-order chi connectivity index (χ0) is 19.3. The third-order valence-corrected chi connectivity index (χ3v) is 5.59. The molecule has 1 heterocycles. The van der Waals surface area contributed by atoms with Gasteiger partial charge in [-0.3, -0.25) is 0 Å². The molecule has 1 radical (unpaired) electrons. The van der Waals surface area contributed by atoms with Crippen LogP contribution in [0.4, 0.5) is 0 Å². The smallest absolute Gasteiger partial charge is 0.130 e. The van der Waals surface area contributed by atoms with E-state index >= 15 is 0 Å². The molecule has 3 aromatic rings. The molecule has 2 aromatic carbocycles. The van der Waals surface area contributed by atoms with Gasteiger partial charge in [0.1, 0.15) is 11.5 Å². The molecule has 141 valence electrons. The van der Waals surface area contributed by atoms with Crippen LogP contribution in [0.15, 0.2) is 46.9 Å². The van der Waals surface area contributed by atoms with Crippen molar-refractivity contribution in [3.05, 3.63) is 88.2 Å². The Morgan fingerprint density at radius 1 is 0.857 bits per heavy atom. The molecule has 4 rings (SSSR count). The molecular formula is C26H27OZr. The van der Waals surface area contributed by atoms with Crippen molar-refractivity contribution >= 4 is 11.6 Å². The summed E-state index contributed by atoms with van der Waals surface area (Å²) in [4.78, 5) is 0. The molecule has 1 nitrogen and oxygen atoms in total. The first kappa shape index (κ1) is 21.1. The van der Waals surface area contributed by atoms with Gasteiger partial charge < -0.3 is 4.42 Å². The van der Waals surface area contributed by atoms with Crippen molar-refractivity contribution in [2.75, 3.05) is 0 Å². The van der Waals surface area contributed by atoms with E-state index < -0.39 is 0 Å². The molecule has 0 N–H and O–H groups in total. The third-order valence-electron chi connectivity index (χ3n) is 5.59. The monoisotopic (exact) mass is 445 g/mol. The summed E-state index contributed by atoms with van der Waals surface area (Å²) in [5.74, 6) is 1.88. The summed E-state index contributed by atoms with van der Waals surface area (Å²) in [7, 11) is 0. The zero-order valence-electron chi connectivity index (χ0n) is 17.6. The summed E-state index contributed by atoms with van der Waals surface area (Å²) < 4.78 is 5.86. The number of hydrogen-bond donors (Lipinski definition) is 0. The molecule has 1 aliphatic rings. The van der Waals surface area contributed by atoms with Crippen LogP contribution >= 0.6 is 0 Å². The van der Waals surface area contributed by atoms with Crippen molar-refractivity contribution < 1.29 is 30.6 Å². The van der Waals surface area contributed by atoms with Crippen molar-refractivity contribution in [2.24, 2.45) is 0 Å². The van der Waals surface area contributed by atoms with Gasteiger partial charge in [-0.25, -0.2) is 0 Å². The van der Waals surface area contributed by atoms with E-state index in [4.69, 9.17) is 4.42 Å². The van der Waals surface area contributed by atoms with E-state index in [0.29, 0.717) is 0 Å². The van der Waals surface area contributed by atoms with E-state index in [2.05, 4.69) is 83.5 Å². The van der Waals surface area contributed by atoms with Crippen molar-refractivity contribution in [3.8, 4) is 11.1 Å². The van der Waals surface area contributed by atoms with Crippen LogP contribution in [0.5, 0.6) is 0 Å². The third kappa shape index (κ3) is 3.77. The van der Waals surface area contributed by atoms with Crippen molar-refractivity contribution in [3.63, 3.8) is 0 Å². The van der Waals surface area contributed by atoms with Gasteiger partial charge in [0, 0.05) is 38.2 Å². The van der Waals surface area contributed by atoms with Crippen molar-refractivity contribution in [1.82, 2.24) is 0 Å². The Kier molecular flexibility index (Phi) is 5.75. The summed E-state index contributed by atoms with van der Waals surface area (Å²) in [5, 5.41) is 0. The predicted molar refractivity (Wildman–Crippen MR) is 115 cm³/mol. The van der Waals surface area contributed by atoms with Gasteiger partial charge in [-0.1, -0.05) is 51.1 Å². The van der Waals surface area contributed by atoms with Crippen LogP contribution in [-0.2, 0) is 31.6 Å². The van der Waals surface area contributed by atoms with Gasteiger partial charge in [-0.05, 0) is 83.3 Å². The summed E-state index contributed by atoms with van der Waals surface area (Å²) in [5.41, 5.74) is 10.5. The molecule has 0 unspecified atom stereocenters. The predicted octanol–water partition coefficient (Wildman–Crippen LogP) is 7.27.